The lowest BCUT2D eigenvalue weighted by Gasteiger charge is -2.40. The summed E-state index contributed by atoms with van der Waals surface area (Å²) in [5, 5.41) is 9.34. The van der Waals surface area contributed by atoms with Crippen molar-refractivity contribution in [3.05, 3.63) is 29.8 Å². The number of hydrogen-bond acceptors (Lipinski definition) is 3. The van der Waals surface area contributed by atoms with Gasteiger partial charge >= 0.3 is 5.97 Å². The fraction of sp³-hybridized carbons (Fsp3) is 0.533. The van der Waals surface area contributed by atoms with E-state index in [1.807, 2.05) is 43.1 Å². The molecule has 0 aromatic heterocycles. The van der Waals surface area contributed by atoms with E-state index in [4.69, 9.17) is 4.74 Å². The molecule has 1 aromatic carbocycles. The van der Waals surface area contributed by atoms with E-state index in [0.29, 0.717) is 13.0 Å². The topological polar surface area (TPSA) is 49.8 Å². The molecule has 0 aliphatic carbocycles. The molecule has 1 aliphatic rings. The van der Waals surface area contributed by atoms with Crippen LogP contribution in [-0.2, 0) is 4.79 Å². The van der Waals surface area contributed by atoms with E-state index >= 15 is 0 Å². The first kappa shape index (κ1) is 13.9. The fourth-order valence-corrected chi connectivity index (χ4v) is 2.93. The predicted octanol–water partition coefficient (Wildman–Crippen LogP) is 2.55. The minimum Gasteiger partial charge on any atom is -0.493 e. The summed E-state index contributed by atoms with van der Waals surface area (Å²) >= 11 is 0. The Kier molecular flexibility index (Phi) is 4.10. The Balaban J connectivity index is 2.35. The molecule has 4 nitrogen and oxygen atoms in total. The summed E-state index contributed by atoms with van der Waals surface area (Å²) in [5.41, 5.74) is 1.09. The van der Waals surface area contributed by atoms with Crippen LogP contribution in [0.1, 0.15) is 31.9 Å². The van der Waals surface area contributed by atoms with Crippen LogP contribution in [0.15, 0.2) is 24.3 Å². The number of likely N-dealkylation sites (N-methyl/N-ethyl adjacent to an activating group) is 1. The summed E-state index contributed by atoms with van der Waals surface area (Å²) in [5.74, 6) is 0.382. The SMILES string of the molecule is CCC(C(=O)O)N(C)C1c2ccccc2OCC1C. The molecule has 0 bridgehead atoms. The number of fused-ring (bicyclic) bond motifs is 1. The first-order valence-electron chi connectivity index (χ1n) is 6.72. The molecule has 0 amide bonds. The first-order chi connectivity index (χ1) is 9.06. The second-order valence-corrected chi connectivity index (χ2v) is 5.20. The highest BCUT2D eigenvalue weighted by Crippen LogP contribution is 2.39. The number of nitrogens with zero attached hydrogens (tertiary/aromatic N) is 1. The highest BCUT2D eigenvalue weighted by molar-refractivity contribution is 5.73. The van der Waals surface area contributed by atoms with E-state index in [9.17, 15) is 9.90 Å². The maximum Gasteiger partial charge on any atom is 0.320 e. The Morgan fingerprint density at radius 3 is 2.84 bits per heavy atom. The summed E-state index contributed by atoms with van der Waals surface area (Å²) in [6.45, 7) is 4.64. The summed E-state index contributed by atoms with van der Waals surface area (Å²) in [7, 11) is 1.89. The van der Waals surface area contributed by atoms with E-state index in [1.165, 1.54) is 0 Å². The number of ether oxygens (including phenoxy) is 1. The predicted molar refractivity (Wildman–Crippen MR) is 73.3 cm³/mol. The lowest BCUT2D eigenvalue weighted by molar-refractivity contribution is -0.144. The largest absolute Gasteiger partial charge is 0.493 e. The Labute approximate surface area is 114 Å². The molecular weight excluding hydrogens is 242 g/mol. The van der Waals surface area contributed by atoms with Gasteiger partial charge in [0.1, 0.15) is 11.8 Å². The average molecular weight is 263 g/mol. The van der Waals surface area contributed by atoms with Crippen LogP contribution in [-0.4, -0.2) is 35.7 Å². The zero-order valence-electron chi connectivity index (χ0n) is 11.7. The fourth-order valence-electron chi connectivity index (χ4n) is 2.93. The van der Waals surface area contributed by atoms with Gasteiger partial charge < -0.3 is 9.84 Å². The molecule has 1 aromatic rings. The van der Waals surface area contributed by atoms with Crippen LogP contribution in [0.3, 0.4) is 0 Å². The van der Waals surface area contributed by atoms with Crippen LogP contribution in [0.25, 0.3) is 0 Å². The van der Waals surface area contributed by atoms with Crippen molar-refractivity contribution in [1.82, 2.24) is 4.90 Å². The molecule has 3 unspecified atom stereocenters. The maximum atomic E-state index is 11.4. The molecule has 0 fully saturated rings. The molecule has 0 saturated carbocycles. The zero-order valence-corrected chi connectivity index (χ0v) is 11.7. The summed E-state index contributed by atoms with van der Waals surface area (Å²) in [6.07, 6.45) is 0.595. The van der Waals surface area contributed by atoms with E-state index in [-0.39, 0.29) is 12.0 Å². The van der Waals surface area contributed by atoms with Crippen molar-refractivity contribution in [2.24, 2.45) is 5.92 Å². The highest BCUT2D eigenvalue weighted by atomic mass is 16.5. The quantitative estimate of drug-likeness (QED) is 0.907. The molecule has 1 heterocycles. The van der Waals surface area contributed by atoms with Gasteiger partial charge in [0, 0.05) is 17.5 Å². The Morgan fingerprint density at radius 2 is 2.21 bits per heavy atom. The number of aliphatic carboxylic acids is 1. The molecule has 104 valence electrons. The molecule has 4 heteroatoms. The summed E-state index contributed by atoms with van der Waals surface area (Å²) in [4.78, 5) is 13.3. The van der Waals surface area contributed by atoms with E-state index in [2.05, 4.69) is 6.92 Å². The first-order valence-corrected chi connectivity index (χ1v) is 6.72. The minimum atomic E-state index is -0.763. The summed E-state index contributed by atoms with van der Waals surface area (Å²) in [6, 6.07) is 7.53. The average Bonchev–Trinajstić information content (AvgIpc) is 2.38. The van der Waals surface area contributed by atoms with Gasteiger partial charge in [0.15, 0.2) is 0 Å². The van der Waals surface area contributed by atoms with Crippen molar-refractivity contribution in [3.8, 4) is 5.75 Å². The van der Waals surface area contributed by atoms with E-state index in [1.54, 1.807) is 0 Å². The van der Waals surface area contributed by atoms with Crippen LogP contribution in [0.5, 0.6) is 5.75 Å². The van der Waals surface area contributed by atoms with Crippen molar-refractivity contribution in [1.29, 1.82) is 0 Å². The van der Waals surface area contributed by atoms with Gasteiger partial charge in [-0.2, -0.15) is 0 Å². The standard InChI is InChI=1S/C15H21NO3/c1-4-12(15(17)18)16(3)14-10(2)9-19-13-8-6-5-7-11(13)14/h5-8,10,12,14H,4,9H2,1-3H3,(H,17,18). The normalized spacial score (nSPS) is 23.6. The van der Waals surface area contributed by atoms with Crippen molar-refractivity contribution in [2.45, 2.75) is 32.4 Å². The van der Waals surface area contributed by atoms with Crippen LogP contribution < -0.4 is 4.74 Å². The summed E-state index contributed by atoms with van der Waals surface area (Å²) < 4.78 is 5.72. The monoisotopic (exact) mass is 263 g/mol. The van der Waals surface area contributed by atoms with Gasteiger partial charge in [0.05, 0.1) is 6.61 Å². The van der Waals surface area contributed by atoms with E-state index < -0.39 is 12.0 Å². The molecule has 3 atom stereocenters. The molecule has 0 spiro atoms. The van der Waals surface area contributed by atoms with E-state index in [0.717, 1.165) is 11.3 Å². The third-order valence-corrected chi connectivity index (χ3v) is 3.88. The van der Waals surface area contributed by atoms with Crippen molar-refractivity contribution in [2.75, 3.05) is 13.7 Å². The maximum absolute atomic E-state index is 11.4. The number of carboxylic acid groups (broad SMARTS) is 1. The molecule has 0 radical (unpaired) electrons. The smallest absolute Gasteiger partial charge is 0.320 e. The van der Waals surface area contributed by atoms with Crippen LogP contribution >= 0.6 is 0 Å². The van der Waals surface area contributed by atoms with Gasteiger partial charge in [-0.1, -0.05) is 32.0 Å². The zero-order chi connectivity index (χ0) is 14.0. The molecular formula is C15H21NO3. The molecule has 1 aliphatic heterocycles. The van der Waals surface area contributed by atoms with Gasteiger partial charge in [-0.15, -0.1) is 0 Å². The molecule has 2 rings (SSSR count). The molecule has 19 heavy (non-hydrogen) atoms. The highest BCUT2D eigenvalue weighted by Gasteiger charge is 2.35. The van der Waals surface area contributed by atoms with Crippen LogP contribution in [0.4, 0.5) is 0 Å². The van der Waals surface area contributed by atoms with Crippen molar-refractivity contribution >= 4 is 5.97 Å². The Hall–Kier alpha value is -1.55. The number of para-hydroxylation sites is 1. The number of rotatable bonds is 4. The van der Waals surface area contributed by atoms with Crippen LogP contribution in [0.2, 0.25) is 0 Å². The number of carbonyl (C=O) groups is 1. The third-order valence-electron chi connectivity index (χ3n) is 3.88. The van der Waals surface area contributed by atoms with Crippen LogP contribution in [0, 0.1) is 5.92 Å². The van der Waals surface area contributed by atoms with Crippen molar-refractivity contribution in [3.63, 3.8) is 0 Å². The number of benzene rings is 1. The van der Waals surface area contributed by atoms with Crippen molar-refractivity contribution < 1.29 is 14.6 Å². The van der Waals surface area contributed by atoms with Gasteiger partial charge in [0.25, 0.3) is 0 Å². The van der Waals surface area contributed by atoms with Gasteiger partial charge in [-0.25, -0.2) is 0 Å². The number of carboxylic acids is 1. The molecule has 0 saturated heterocycles. The second kappa shape index (κ2) is 5.61. The number of hydrogen-bond donors (Lipinski definition) is 1. The van der Waals surface area contributed by atoms with Gasteiger partial charge in [-0.05, 0) is 19.5 Å². The second-order valence-electron chi connectivity index (χ2n) is 5.20. The lowest BCUT2D eigenvalue weighted by atomic mass is 9.89. The molecule has 1 N–H and O–H groups in total. The minimum absolute atomic E-state index is 0.0889. The lowest BCUT2D eigenvalue weighted by Crippen LogP contribution is -2.44. The van der Waals surface area contributed by atoms with Gasteiger partial charge in [-0.3, -0.25) is 9.69 Å². The Morgan fingerprint density at radius 1 is 1.53 bits per heavy atom. The Bertz CT molecular complexity index is 460. The van der Waals surface area contributed by atoms with Gasteiger partial charge in [0.2, 0.25) is 0 Å². The third kappa shape index (κ3) is 2.59.